The van der Waals surface area contributed by atoms with Crippen molar-refractivity contribution in [3.63, 3.8) is 0 Å². The van der Waals surface area contributed by atoms with Crippen LogP contribution >= 0.6 is 0 Å². The molecule has 0 N–H and O–H groups in total. The Bertz CT molecular complexity index is 594. The number of benzene rings is 1. The van der Waals surface area contributed by atoms with Gasteiger partial charge >= 0.3 is 0 Å². The fraction of sp³-hybridized carbons (Fsp3) is 0.556. The van der Waals surface area contributed by atoms with Crippen molar-refractivity contribution in [2.24, 2.45) is 5.41 Å². The molecule has 110 valence electrons. The van der Waals surface area contributed by atoms with E-state index in [2.05, 4.69) is 31.2 Å². The van der Waals surface area contributed by atoms with Crippen LogP contribution in [0.4, 0.5) is 5.69 Å². The summed E-state index contributed by atoms with van der Waals surface area (Å²) in [4.78, 5) is 14.9. The minimum absolute atomic E-state index is 0.0366. The van der Waals surface area contributed by atoms with Crippen molar-refractivity contribution in [3.8, 4) is 6.07 Å². The third-order valence-electron chi connectivity index (χ3n) is 4.93. The fourth-order valence-corrected chi connectivity index (χ4v) is 3.72. The van der Waals surface area contributed by atoms with Crippen molar-refractivity contribution in [2.75, 3.05) is 11.4 Å². The number of nitrogens with zero attached hydrogens (tertiary/aromatic N) is 2. The Balaban J connectivity index is 1.94. The summed E-state index contributed by atoms with van der Waals surface area (Å²) in [6.07, 6.45) is 6.60. The van der Waals surface area contributed by atoms with E-state index in [1.54, 1.807) is 0 Å². The van der Waals surface area contributed by atoms with Crippen molar-refractivity contribution in [1.29, 1.82) is 5.26 Å². The summed E-state index contributed by atoms with van der Waals surface area (Å²) in [5.74, 6) is 0.0366. The van der Waals surface area contributed by atoms with Gasteiger partial charge in [-0.2, -0.15) is 5.26 Å². The highest BCUT2D eigenvalue weighted by molar-refractivity contribution is 6.00. The molecule has 0 saturated heterocycles. The van der Waals surface area contributed by atoms with E-state index in [-0.39, 0.29) is 5.91 Å². The third-order valence-corrected chi connectivity index (χ3v) is 4.93. The van der Waals surface area contributed by atoms with E-state index in [0.29, 0.717) is 0 Å². The number of fused-ring (bicyclic) bond motifs is 1. The average Bonchev–Trinajstić information content (AvgIpc) is 2.54. The molecule has 2 aliphatic rings. The molecule has 21 heavy (non-hydrogen) atoms. The molecule has 3 heteroatoms. The lowest BCUT2D eigenvalue weighted by atomic mass is 9.74. The molecule has 0 aromatic heterocycles. The van der Waals surface area contributed by atoms with Gasteiger partial charge in [0.15, 0.2) is 0 Å². The van der Waals surface area contributed by atoms with Gasteiger partial charge in [0.05, 0.1) is 6.07 Å². The first-order valence-electron chi connectivity index (χ1n) is 7.99. The van der Waals surface area contributed by atoms with Gasteiger partial charge in [-0.3, -0.25) is 4.79 Å². The lowest BCUT2D eigenvalue weighted by Crippen LogP contribution is -2.46. The molecule has 1 aliphatic carbocycles. The van der Waals surface area contributed by atoms with E-state index in [9.17, 15) is 10.1 Å². The molecule has 1 fully saturated rings. The lowest BCUT2D eigenvalue weighted by molar-refractivity contribution is -0.126. The van der Waals surface area contributed by atoms with Crippen LogP contribution in [0.3, 0.4) is 0 Å². The Morgan fingerprint density at radius 2 is 2.00 bits per heavy atom. The number of rotatable bonds is 1. The minimum Gasteiger partial charge on any atom is -0.311 e. The predicted molar refractivity (Wildman–Crippen MR) is 83.0 cm³/mol. The maximum atomic E-state index is 13.1. The van der Waals surface area contributed by atoms with Crippen LogP contribution in [0.15, 0.2) is 18.2 Å². The summed E-state index contributed by atoms with van der Waals surface area (Å²) in [7, 11) is 0. The molecule has 1 aromatic rings. The molecule has 0 spiro atoms. The van der Waals surface area contributed by atoms with E-state index >= 15 is 0 Å². The first-order valence-corrected chi connectivity index (χ1v) is 7.99. The second-order valence-electron chi connectivity index (χ2n) is 6.45. The summed E-state index contributed by atoms with van der Waals surface area (Å²) in [5, 5.41) is 9.64. The molecule has 1 aromatic carbocycles. The van der Waals surface area contributed by atoms with Gasteiger partial charge in [0.1, 0.15) is 5.41 Å². The van der Waals surface area contributed by atoms with Crippen LogP contribution in [0, 0.1) is 23.7 Å². The number of hydrogen-bond acceptors (Lipinski definition) is 2. The largest absolute Gasteiger partial charge is 0.311 e. The van der Waals surface area contributed by atoms with Crippen LogP contribution in [0.25, 0.3) is 0 Å². The summed E-state index contributed by atoms with van der Waals surface area (Å²) >= 11 is 0. The minimum atomic E-state index is -0.780. The molecule has 0 radical (unpaired) electrons. The second-order valence-corrected chi connectivity index (χ2v) is 6.45. The van der Waals surface area contributed by atoms with E-state index in [4.69, 9.17) is 0 Å². The van der Waals surface area contributed by atoms with Gasteiger partial charge in [-0.25, -0.2) is 0 Å². The Labute approximate surface area is 126 Å². The van der Waals surface area contributed by atoms with Crippen LogP contribution in [0.5, 0.6) is 0 Å². The van der Waals surface area contributed by atoms with E-state index in [1.807, 2.05) is 4.90 Å². The van der Waals surface area contributed by atoms with Crippen molar-refractivity contribution in [1.82, 2.24) is 0 Å². The van der Waals surface area contributed by atoms with Crippen LogP contribution in [-0.4, -0.2) is 12.5 Å². The highest BCUT2D eigenvalue weighted by Crippen LogP contribution is 2.40. The molecule has 3 nitrogen and oxygen atoms in total. The molecule has 0 atom stereocenters. The molecule has 1 saturated carbocycles. The smallest absolute Gasteiger partial charge is 0.247 e. The first-order chi connectivity index (χ1) is 10.2. The third kappa shape index (κ3) is 2.44. The van der Waals surface area contributed by atoms with Gasteiger partial charge in [0, 0.05) is 12.2 Å². The SMILES string of the molecule is Cc1ccc2c(c1)CCCN2C(=O)C1(C#N)CCCCC1. The van der Waals surface area contributed by atoms with Crippen molar-refractivity contribution in [3.05, 3.63) is 29.3 Å². The van der Waals surface area contributed by atoms with Gasteiger partial charge in [0.2, 0.25) is 5.91 Å². The summed E-state index contributed by atoms with van der Waals surface area (Å²) in [6, 6.07) is 8.65. The molecule has 1 aliphatic heterocycles. The van der Waals surface area contributed by atoms with Crippen molar-refractivity contribution >= 4 is 11.6 Å². The van der Waals surface area contributed by atoms with Crippen molar-refractivity contribution in [2.45, 2.75) is 51.9 Å². The zero-order valence-electron chi connectivity index (χ0n) is 12.7. The normalized spacial score (nSPS) is 20.5. The average molecular weight is 282 g/mol. The van der Waals surface area contributed by atoms with E-state index < -0.39 is 5.41 Å². The molecular formula is C18H22N2O. The van der Waals surface area contributed by atoms with Gasteiger partial charge in [-0.15, -0.1) is 0 Å². The van der Waals surface area contributed by atoms with Gasteiger partial charge < -0.3 is 4.90 Å². The molecule has 0 bridgehead atoms. The monoisotopic (exact) mass is 282 g/mol. The van der Waals surface area contributed by atoms with Crippen LogP contribution in [0.1, 0.15) is 49.7 Å². The highest BCUT2D eigenvalue weighted by atomic mass is 16.2. The summed E-state index contributed by atoms with van der Waals surface area (Å²) in [5.41, 5.74) is 2.73. The Kier molecular flexibility index (Phi) is 3.71. The number of aryl methyl sites for hydroxylation is 2. The number of carbonyl (C=O) groups excluding carboxylic acids is 1. The maximum absolute atomic E-state index is 13.1. The lowest BCUT2D eigenvalue weighted by Gasteiger charge is -2.37. The number of carbonyl (C=O) groups is 1. The number of amides is 1. The van der Waals surface area contributed by atoms with E-state index in [0.717, 1.165) is 57.2 Å². The van der Waals surface area contributed by atoms with Crippen LogP contribution in [-0.2, 0) is 11.2 Å². The van der Waals surface area contributed by atoms with Crippen molar-refractivity contribution < 1.29 is 4.79 Å². The maximum Gasteiger partial charge on any atom is 0.247 e. The zero-order valence-corrected chi connectivity index (χ0v) is 12.7. The molecular weight excluding hydrogens is 260 g/mol. The fourth-order valence-electron chi connectivity index (χ4n) is 3.72. The molecule has 0 unspecified atom stereocenters. The standard InChI is InChI=1S/C18H22N2O/c1-14-7-8-16-15(12-14)6-5-11-20(16)17(21)18(13-19)9-3-2-4-10-18/h7-8,12H,2-6,9-11H2,1H3. The van der Waals surface area contributed by atoms with Crippen LogP contribution in [0.2, 0.25) is 0 Å². The van der Waals surface area contributed by atoms with Gasteiger partial charge in [-0.05, 0) is 44.2 Å². The highest BCUT2D eigenvalue weighted by Gasteiger charge is 2.43. The molecule has 1 heterocycles. The Morgan fingerprint density at radius 1 is 1.24 bits per heavy atom. The zero-order chi connectivity index (χ0) is 14.9. The quantitative estimate of drug-likeness (QED) is 0.787. The Morgan fingerprint density at radius 3 is 2.71 bits per heavy atom. The Hall–Kier alpha value is -1.82. The van der Waals surface area contributed by atoms with E-state index in [1.165, 1.54) is 11.1 Å². The number of nitriles is 1. The second kappa shape index (κ2) is 5.52. The van der Waals surface area contributed by atoms with Gasteiger partial charge in [0.25, 0.3) is 0 Å². The van der Waals surface area contributed by atoms with Gasteiger partial charge in [-0.1, -0.05) is 37.0 Å². The summed E-state index contributed by atoms with van der Waals surface area (Å²) < 4.78 is 0. The first kappa shape index (κ1) is 14.1. The predicted octanol–water partition coefficient (Wildman–Crippen LogP) is 3.75. The number of anilines is 1. The number of hydrogen-bond donors (Lipinski definition) is 0. The topological polar surface area (TPSA) is 44.1 Å². The summed E-state index contributed by atoms with van der Waals surface area (Å²) in [6.45, 7) is 2.83. The molecule has 3 rings (SSSR count). The molecule has 1 amide bonds. The van der Waals surface area contributed by atoms with Crippen LogP contribution < -0.4 is 4.90 Å².